The Morgan fingerprint density at radius 2 is 1.79 bits per heavy atom. The summed E-state index contributed by atoms with van der Waals surface area (Å²) in [6, 6.07) is 0. The Balaban J connectivity index is 1.25. The maximum absolute atomic E-state index is 12.8. The molecule has 2 spiro atoms. The van der Waals surface area contributed by atoms with E-state index in [0.717, 1.165) is 18.4 Å². The van der Waals surface area contributed by atoms with Gasteiger partial charge in [-0.15, -0.1) is 0 Å². The lowest BCUT2D eigenvalue weighted by molar-refractivity contribution is -0.301. The predicted molar refractivity (Wildman–Crippen MR) is 147 cm³/mol. The third-order valence-corrected chi connectivity index (χ3v) is 14.1. The van der Waals surface area contributed by atoms with E-state index in [1.54, 1.807) is 0 Å². The number of allylic oxidation sites excluding steroid dienone is 1. The second-order valence-electron chi connectivity index (χ2n) is 16.0. The highest BCUT2D eigenvalue weighted by Gasteiger charge is 2.86. The molecule has 236 valence electrons. The minimum atomic E-state index is -1.67. The molecule has 1 aliphatic heterocycles. The van der Waals surface area contributed by atoms with Crippen molar-refractivity contribution in [3.05, 3.63) is 11.6 Å². The van der Waals surface area contributed by atoms with Gasteiger partial charge in [-0.3, -0.25) is 4.79 Å². The van der Waals surface area contributed by atoms with Crippen molar-refractivity contribution in [1.82, 2.24) is 0 Å². The largest absolute Gasteiger partial charge is 0.395 e. The van der Waals surface area contributed by atoms with Gasteiger partial charge >= 0.3 is 0 Å². The highest BCUT2D eigenvalue weighted by Crippen LogP contribution is 2.88. The summed E-state index contributed by atoms with van der Waals surface area (Å²) in [5.41, 5.74) is -3.43. The van der Waals surface area contributed by atoms with E-state index >= 15 is 0 Å². The molecule has 15 atom stereocenters. The van der Waals surface area contributed by atoms with E-state index in [0.29, 0.717) is 19.3 Å². The molecule has 10 nitrogen and oxygen atoms in total. The second-order valence-corrected chi connectivity index (χ2v) is 16.0. The Hall–Kier alpha value is -0.950. The summed E-state index contributed by atoms with van der Waals surface area (Å²) < 4.78 is 11.9. The van der Waals surface area contributed by atoms with E-state index in [9.17, 15) is 40.5 Å². The number of ketones is 1. The van der Waals surface area contributed by atoms with Crippen molar-refractivity contribution >= 4 is 5.78 Å². The van der Waals surface area contributed by atoms with Gasteiger partial charge in [0.1, 0.15) is 30.0 Å². The standard InChI is InChI=1S/C32H48O10/c1-15-9-16(34)25(39)32(40)13-30(14-33)19-6-5-18-27(2,3)21(42-26-23(38)22(37)17(35)11-41-26)7-8-29(18)12-31(19,29)20(36)10-28(30,4)24(15)32/h6,15,17-18,20-26,33,35-40H,5,7-14H2,1-4H3/t15-,17-,18+,20+,21+,22+,23-,24-,25+,26+,28-,29-,30-,31+,32-/m1/s1. The summed E-state index contributed by atoms with van der Waals surface area (Å²) in [4.78, 5) is 12.8. The van der Waals surface area contributed by atoms with Crippen LogP contribution < -0.4 is 0 Å². The molecule has 0 amide bonds. The van der Waals surface area contributed by atoms with Crippen LogP contribution in [0.3, 0.4) is 0 Å². The van der Waals surface area contributed by atoms with Crippen LogP contribution in [0.2, 0.25) is 0 Å². The van der Waals surface area contributed by atoms with Gasteiger partial charge in [-0.05, 0) is 66.6 Å². The van der Waals surface area contributed by atoms with Crippen molar-refractivity contribution in [2.45, 2.75) is 121 Å². The minimum absolute atomic E-state index is 0.0934. The van der Waals surface area contributed by atoms with E-state index in [2.05, 4.69) is 19.9 Å². The van der Waals surface area contributed by atoms with E-state index in [1.807, 2.05) is 13.8 Å². The number of carbonyl (C=O) groups is 1. The normalized spacial score (nSPS) is 59.5. The molecule has 1 saturated heterocycles. The van der Waals surface area contributed by atoms with E-state index in [-0.39, 0.29) is 60.6 Å². The first-order chi connectivity index (χ1) is 19.6. The van der Waals surface area contributed by atoms with E-state index in [4.69, 9.17) is 9.47 Å². The molecule has 6 fully saturated rings. The average molecular weight is 593 g/mol. The molecular formula is C32H48O10. The van der Waals surface area contributed by atoms with Gasteiger partial charge in [0.05, 0.1) is 25.4 Å². The number of carbonyl (C=O) groups excluding carboxylic acids is 1. The summed E-state index contributed by atoms with van der Waals surface area (Å²) in [7, 11) is 0. The Morgan fingerprint density at radius 3 is 2.48 bits per heavy atom. The van der Waals surface area contributed by atoms with Gasteiger partial charge in [0.25, 0.3) is 0 Å². The maximum Gasteiger partial charge on any atom is 0.186 e. The molecule has 0 aromatic rings. The van der Waals surface area contributed by atoms with Gasteiger partial charge in [0.15, 0.2) is 12.1 Å². The van der Waals surface area contributed by atoms with Crippen molar-refractivity contribution in [2.75, 3.05) is 13.2 Å². The monoisotopic (exact) mass is 592 g/mol. The fourth-order valence-corrected chi connectivity index (χ4v) is 12.4. The summed E-state index contributed by atoms with van der Waals surface area (Å²) >= 11 is 0. The van der Waals surface area contributed by atoms with Crippen LogP contribution in [0.25, 0.3) is 0 Å². The van der Waals surface area contributed by atoms with Gasteiger partial charge in [-0.2, -0.15) is 0 Å². The molecule has 1 heterocycles. The lowest BCUT2D eigenvalue weighted by Gasteiger charge is -2.62. The Bertz CT molecular complexity index is 1200. The zero-order chi connectivity index (χ0) is 30.4. The fourth-order valence-electron chi connectivity index (χ4n) is 12.4. The smallest absolute Gasteiger partial charge is 0.186 e. The van der Waals surface area contributed by atoms with E-state index < -0.39 is 64.6 Å². The zero-order valence-electron chi connectivity index (χ0n) is 25.1. The maximum atomic E-state index is 12.8. The van der Waals surface area contributed by atoms with Gasteiger partial charge in [-0.25, -0.2) is 0 Å². The molecule has 0 bridgehead atoms. The lowest BCUT2D eigenvalue weighted by atomic mass is 9.44. The van der Waals surface area contributed by atoms with Crippen LogP contribution in [0.15, 0.2) is 11.6 Å². The highest BCUT2D eigenvalue weighted by atomic mass is 16.7. The molecule has 6 aliphatic carbocycles. The summed E-state index contributed by atoms with van der Waals surface area (Å²) in [6.45, 7) is 7.92. The highest BCUT2D eigenvalue weighted by molar-refractivity contribution is 5.86. The van der Waals surface area contributed by atoms with Crippen molar-refractivity contribution in [2.24, 2.45) is 44.8 Å². The molecule has 7 N–H and O–H groups in total. The first-order valence-corrected chi connectivity index (χ1v) is 15.8. The Kier molecular flexibility index (Phi) is 6.27. The second kappa shape index (κ2) is 8.85. The molecule has 42 heavy (non-hydrogen) atoms. The molecule has 0 aromatic heterocycles. The molecule has 0 aromatic carbocycles. The fraction of sp³-hybridized carbons (Fsp3) is 0.906. The summed E-state index contributed by atoms with van der Waals surface area (Å²) in [5.74, 6) is -0.876. The van der Waals surface area contributed by atoms with Crippen LogP contribution in [-0.2, 0) is 14.3 Å². The third-order valence-electron chi connectivity index (χ3n) is 14.1. The number of Topliss-reactive ketones (excluding diaryl/α,β-unsaturated/α-hetero) is 1. The number of aliphatic hydroxyl groups excluding tert-OH is 6. The molecular weight excluding hydrogens is 544 g/mol. The minimum Gasteiger partial charge on any atom is -0.395 e. The van der Waals surface area contributed by atoms with Crippen molar-refractivity contribution in [1.29, 1.82) is 0 Å². The number of hydrogen-bond acceptors (Lipinski definition) is 10. The average Bonchev–Trinajstić information content (AvgIpc) is 3.56. The topological polar surface area (TPSA) is 177 Å². The number of ether oxygens (including phenoxy) is 2. The van der Waals surface area contributed by atoms with E-state index in [1.165, 1.54) is 0 Å². The molecule has 7 rings (SSSR count). The van der Waals surface area contributed by atoms with Crippen molar-refractivity contribution < 1.29 is 50.0 Å². The summed E-state index contributed by atoms with van der Waals surface area (Å²) in [6.07, 6.45) is -1.77. The first kappa shape index (κ1) is 29.7. The molecule has 10 heteroatoms. The molecule has 0 unspecified atom stereocenters. The van der Waals surface area contributed by atoms with Crippen molar-refractivity contribution in [3.8, 4) is 0 Å². The van der Waals surface area contributed by atoms with Crippen LogP contribution in [-0.4, -0.2) is 103 Å². The van der Waals surface area contributed by atoms with Crippen LogP contribution in [0.4, 0.5) is 0 Å². The quantitative estimate of drug-likeness (QED) is 0.227. The van der Waals surface area contributed by atoms with Gasteiger partial charge in [-0.1, -0.05) is 39.3 Å². The molecule has 5 saturated carbocycles. The third kappa shape index (κ3) is 3.19. The van der Waals surface area contributed by atoms with Gasteiger partial charge in [0, 0.05) is 23.2 Å². The lowest BCUT2D eigenvalue weighted by Crippen LogP contribution is -2.61. The molecule has 7 aliphatic rings. The summed E-state index contributed by atoms with van der Waals surface area (Å²) in [5, 5.41) is 77.1. The number of hydrogen-bond donors (Lipinski definition) is 7. The zero-order valence-corrected chi connectivity index (χ0v) is 25.1. The number of aliphatic hydroxyl groups is 7. The Labute approximate surface area is 246 Å². The van der Waals surface area contributed by atoms with Gasteiger partial charge in [0.2, 0.25) is 0 Å². The van der Waals surface area contributed by atoms with Crippen LogP contribution >= 0.6 is 0 Å². The number of fused-ring (bicyclic) bond motifs is 4. The Morgan fingerprint density at radius 1 is 1.07 bits per heavy atom. The van der Waals surface area contributed by atoms with Crippen LogP contribution in [0.1, 0.15) is 72.6 Å². The van der Waals surface area contributed by atoms with Gasteiger partial charge < -0.3 is 45.2 Å². The molecule has 0 radical (unpaired) electrons. The van der Waals surface area contributed by atoms with Crippen LogP contribution in [0, 0.1) is 44.8 Å². The first-order valence-electron chi connectivity index (χ1n) is 15.8. The predicted octanol–water partition coefficient (Wildman–Crippen LogP) is 0.424. The van der Waals surface area contributed by atoms with Crippen LogP contribution in [0.5, 0.6) is 0 Å². The number of rotatable bonds is 3. The van der Waals surface area contributed by atoms with Crippen molar-refractivity contribution in [3.63, 3.8) is 0 Å². The SMILES string of the molecule is C[C@@H]1CC(=O)[C@H](O)[C@@]2(O)C[C@@]3(CO)C4=CC[C@H]5C(C)(C)[C@@H](O[C@@H]6OC[C@@H](O)[C@H](O)[C@H]6O)CC[C@@]56C[C@@]46[C@@H](O)C[C@]3(C)[C@@H]12.